The smallest absolute Gasteiger partial charge is 0.328 e. The van der Waals surface area contributed by atoms with E-state index in [9.17, 15) is 14.9 Å². The number of ether oxygens (including phenoxy) is 1. The number of carbonyl (C=O) groups excluding carboxylic acids is 1. The minimum atomic E-state index is -0.584. The number of nitrogen functional groups attached to an aromatic ring is 1. The molecule has 2 N–H and O–H groups in total. The molecule has 0 unspecified atom stereocenters. The van der Waals surface area contributed by atoms with E-state index < -0.39 is 10.9 Å². The van der Waals surface area contributed by atoms with Crippen LogP contribution in [0, 0.1) is 24.0 Å². The Labute approximate surface area is 176 Å². The number of carbonyl (C=O) groups is 1. The van der Waals surface area contributed by atoms with Crippen LogP contribution in [0.2, 0.25) is 0 Å². The summed E-state index contributed by atoms with van der Waals surface area (Å²) in [6.07, 6.45) is 5.56. The van der Waals surface area contributed by atoms with Gasteiger partial charge in [0.05, 0.1) is 10.3 Å². The van der Waals surface area contributed by atoms with Gasteiger partial charge in [-0.25, -0.2) is 9.97 Å². The second-order valence-electron chi connectivity index (χ2n) is 7.36. The summed E-state index contributed by atoms with van der Waals surface area (Å²) in [7, 11) is 0. The van der Waals surface area contributed by atoms with Crippen LogP contribution in [-0.2, 0) is 35.5 Å². The van der Waals surface area contributed by atoms with Gasteiger partial charge in [-0.3, -0.25) is 19.6 Å². The molecule has 10 nitrogen and oxygen atoms in total. The fourth-order valence-corrected chi connectivity index (χ4v) is 5.18. The highest BCUT2D eigenvalue weighted by molar-refractivity contribution is 7.19. The number of rotatable bonds is 5. The molecule has 0 spiro atoms. The van der Waals surface area contributed by atoms with Gasteiger partial charge < -0.3 is 10.5 Å². The number of esters is 1. The second kappa shape index (κ2) is 7.98. The van der Waals surface area contributed by atoms with E-state index in [1.165, 1.54) is 34.9 Å². The SMILES string of the molecule is Cc1nn(CC(=O)OCc2nc(N)c3c4c(sc3n2)CCCCC4)c(C)c1[N+](=O)[O-]. The van der Waals surface area contributed by atoms with Gasteiger partial charge in [-0.05, 0) is 45.1 Å². The lowest BCUT2D eigenvalue weighted by atomic mass is 10.1. The molecule has 0 saturated carbocycles. The summed E-state index contributed by atoms with van der Waals surface area (Å²) in [5.74, 6) is 0.170. The van der Waals surface area contributed by atoms with E-state index in [2.05, 4.69) is 15.1 Å². The van der Waals surface area contributed by atoms with Crippen LogP contribution in [0.3, 0.4) is 0 Å². The Hall–Kier alpha value is -3.08. The van der Waals surface area contributed by atoms with E-state index in [0.717, 1.165) is 29.5 Å². The Morgan fingerprint density at radius 1 is 1.27 bits per heavy atom. The van der Waals surface area contributed by atoms with E-state index in [1.807, 2.05) is 0 Å². The summed E-state index contributed by atoms with van der Waals surface area (Å²) in [4.78, 5) is 33.9. The fraction of sp³-hybridized carbons (Fsp3) is 0.474. The third-order valence-corrected chi connectivity index (χ3v) is 6.49. The summed E-state index contributed by atoms with van der Waals surface area (Å²) in [6.45, 7) is 2.72. The first kappa shape index (κ1) is 20.2. The number of hydrogen-bond acceptors (Lipinski definition) is 9. The van der Waals surface area contributed by atoms with Gasteiger partial charge in [-0.1, -0.05) is 6.42 Å². The minimum Gasteiger partial charge on any atom is -0.456 e. The molecular weight excluding hydrogens is 408 g/mol. The lowest BCUT2D eigenvalue weighted by Gasteiger charge is -2.07. The Kier molecular flexibility index (Phi) is 5.37. The molecule has 1 aliphatic carbocycles. The molecule has 0 aliphatic heterocycles. The molecule has 0 atom stereocenters. The number of anilines is 1. The van der Waals surface area contributed by atoms with Gasteiger partial charge in [-0.15, -0.1) is 11.3 Å². The van der Waals surface area contributed by atoms with Crippen molar-refractivity contribution < 1.29 is 14.5 Å². The molecule has 0 radical (unpaired) electrons. The summed E-state index contributed by atoms with van der Waals surface area (Å²) >= 11 is 1.64. The Bertz CT molecular complexity index is 1150. The standard InChI is InChI=1S/C19H22N6O4S/c1-10-17(25(27)28)11(2)24(23-10)8-15(26)29-9-14-21-18(20)16-12-6-4-3-5-7-13(12)30-19(16)22-14/h3-9H2,1-2H3,(H2,20,21,22). The molecule has 0 bridgehead atoms. The Morgan fingerprint density at radius 3 is 2.77 bits per heavy atom. The van der Waals surface area contributed by atoms with Gasteiger partial charge >= 0.3 is 11.7 Å². The first-order chi connectivity index (χ1) is 14.3. The first-order valence-electron chi connectivity index (χ1n) is 9.75. The summed E-state index contributed by atoms with van der Waals surface area (Å²) in [5, 5.41) is 16.1. The number of nitrogens with zero attached hydrogens (tertiary/aromatic N) is 5. The molecule has 3 aromatic rings. The van der Waals surface area contributed by atoms with E-state index in [-0.39, 0.29) is 24.5 Å². The lowest BCUT2D eigenvalue weighted by Crippen LogP contribution is -2.16. The monoisotopic (exact) mass is 430 g/mol. The molecule has 4 rings (SSSR count). The zero-order valence-corrected chi connectivity index (χ0v) is 17.6. The first-order valence-corrected chi connectivity index (χ1v) is 10.6. The van der Waals surface area contributed by atoms with Crippen molar-refractivity contribution in [3.63, 3.8) is 0 Å². The maximum Gasteiger partial charge on any atom is 0.328 e. The Morgan fingerprint density at radius 2 is 2.03 bits per heavy atom. The van der Waals surface area contributed by atoms with Gasteiger partial charge in [0.2, 0.25) is 0 Å². The van der Waals surface area contributed by atoms with Crippen LogP contribution in [0.4, 0.5) is 11.5 Å². The second-order valence-corrected chi connectivity index (χ2v) is 8.45. The minimum absolute atomic E-state index is 0.0955. The number of aromatic nitrogens is 4. The van der Waals surface area contributed by atoms with Crippen molar-refractivity contribution in [2.45, 2.75) is 59.1 Å². The zero-order chi connectivity index (χ0) is 21.4. The third-order valence-electron chi connectivity index (χ3n) is 5.31. The largest absolute Gasteiger partial charge is 0.456 e. The number of fused-ring (bicyclic) bond motifs is 3. The fourth-order valence-electron chi connectivity index (χ4n) is 3.89. The molecule has 1 aliphatic rings. The van der Waals surface area contributed by atoms with Gasteiger partial charge in [0.15, 0.2) is 12.4 Å². The molecule has 0 fully saturated rings. The normalized spacial score (nSPS) is 13.8. The van der Waals surface area contributed by atoms with Crippen LogP contribution < -0.4 is 5.73 Å². The summed E-state index contributed by atoms with van der Waals surface area (Å²) < 4.78 is 6.55. The highest BCUT2D eigenvalue weighted by Crippen LogP contribution is 2.37. The van der Waals surface area contributed by atoms with Crippen molar-refractivity contribution in [2.24, 2.45) is 0 Å². The quantitative estimate of drug-likeness (QED) is 0.282. The van der Waals surface area contributed by atoms with Crippen LogP contribution in [0.1, 0.15) is 46.9 Å². The highest BCUT2D eigenvalue weighted by Gasteiger charge is 2.23. The van der Waals surface area contributed by atoms with Gasteiger partial charge in [0.1, 0.15) is 28.6 Å². The van der Waals surface area contributed by atoms with Crippen molar-refractivity contribution in [3.05, 3.63) is 37.8 Å². The average molecular weight is 430 g/mol. The van der Waals surface area contributed by atoms with Crippen molar-refractivity contribution in [1.82, 2.24) is 19.7 Å². The van der Waals surface area contributed by atoms with E-state index in [4.69, 9.17) is 10.5 Å². The number of thiophene rings is 1. The number of nitrogens with two attached hydrogens (primary N) is 1. The van der Waals surface area contributed by atoms with Gasteiger partial charge in [-0.2, -0.15) is 5.10 Å². The Balaban J connectivity index is 1.48. The predicted octanol–water partition coefficient (Wildman–Crippen LogP) is 3.01. The molecule has 158 valence electrons. The van der Waals surface area contributed by atoms with Crippen LogP contribution in [-0.4, -0.2) is 30.6 Å². The topological polar surface area (TPSA) is 139 Å². The number of hydrogen-bond donors (Lipinski definition) is 1. The molecule has 30 heavy (non-hydrogen) atoms. The average Bonchev–Trinajstić information content (AvgIpc) is 3.06. The number of aryl methyl sites for hydroxylation is 3. The van der Waals surface area contributed by atoms with Crippen molar-refractivity contribution in [1.29, 1.82) is 0 Å². The van der Waals surface area contributed by atoms with Gasteiger partial charge in [0.25, 0.3) is 0 Å². The molecule has 0 aromatic carbocycles. The maximum atomic E-state index is 12.2. The summed E-state index contributed by atoms with van der Waals surface area (Å²) in [5.41, 5.74) is 7.94. The third kappa shape index (κ3) is 3.72. The van der Waals surface area contributed by atoms with Crippen molar-refractivity contribution in [2.75, 3.05) is 5.73 Å². The predicted molar refractivity (Wildman–Crippen MR) is 111 cm³/mol. The maximum absolute atomic E-state index is 12.2. The number of nitro groups is 1. The molecule has 0 saturated heterocycles. The zero-order valence-electron chi connectivity index (χ0n) is 16.8. The van der Waals surface area contributed by atoms with E-state index >= 15 is 0 Å². The summed E-state index contributed by atoms with van der Waals surface area (Å²) in [6, 6.07) is 0. The van der Waals surface area contributed by atoms with Crippen LogP contribution in [0.15, 0.2) is 0 Å². The highest BCUT2D eigenvalue weighted by atomic mass is 32.1. The van der Waals surface area contributed by atoms with E-state index in [1.54, 1.807) is 18.3 Å². The molecule has 3 aromatic heterocycles. The van der Waals surface area contributed by atoms with E-state index in [0.29, 0.717) is 17.3 Å². The van der Waals surface area contributed by atoms with Crippen molar-refractivity contribution in [3.8, 4) is 0 Å². The molecule has 11 heteroatoms. The van der Waals surface area contributed by atoms with Crippen molar-refractivity contribution >= 4 is 39.0 Å². The van der Waals surface area contributed by atoms with Crippen LogP contribution >= 0.6 is 11.3 Å². The molecular formula is C19H22N6O4S. The molecule has 0 amide bonds. The van der Waals surface area contributed by atoms with Gasteiger partial charge in [0, 0.05) is 4.88 Å². The molecule has 3 heterocycles. The lowest BCUT2D eigenvalue weighted by molar-refractivity contribution is -0.386. The van der Waals surface area contributed by atoms with Crippen LogP contribution in [0.25, 0.3) is 10.2 Å². The van der Waals surface area contributed by atoms with Crippen LogP contribution in [0.5, 0.6) is 0 Å².